The lowest BCUT2D eigenvalue weighted by Gasteiger charge is -2.37. The van der Waals surface area contributed by atoms with Crippen molar-refractivity contribution < 1.29 is 5.11 Å². The van der Waals surface area contributed by atoms with Crippen LogP contribution in [0.5, 0.6) is 0 Å². The summed E-state index contributed by atoms with van der Waals surface area (Å²) in [4.78, 5) is 2.53. The van der Waals surface area contributed by atoms with E-state index in [2.05, 4.69) is 18.9 Å². The molecular weight excluding hydrogens is 186 g/mol. The van der Waals surface area contributed by atoms with Gasteiger partial charge in [-0.1, -0.05) is 26.2 Å². The van der Waals surface area contributed by atoms with Crippen LogP contribution in [0, 0.1) is 5.92 Å². The van der Waals surface area contributed by atoms with Gasteiger partial charge < -0.3 is 10.0 Å². The molecule has 1 fully saturated rings. The van der Waals surface area contributed by atoms with Crippen molar-refractivity contribution in [2.75, 3.05) is 20.2 Å². The number of unbranched alkanes of at least 4 members (excludes halogenated alkanes) is 1. The van der Waals surface area contributed by atoms with Crippen LogP contribution in [-0.4, -0.2) is 36.2 Å². The molecule has 2 nitrogen and oxygen atoms in total. The number of aliphatic hydroxyl groups is 1. The lowest BCUT2D eigenvalue weighted by atomic mass is 9.82. The molecule has 0 saturated heterocycles. The smallest absolute Gasteiger partial charge is 0.0431 e. The molecule has 2 heteroatoms. The van der Waals surface area contributed by atoms with E-state index in [9.17, 15) is 0 Å². The zero-order valence-corrected chi connectivity index (χ0v) is 10.4. The standard InChI is InChI=1S/C13H27NO/c1-3-12-8-4-5-9-13(12)14(2)10-6-7-11-15/h12-13,15H,3-11H2,1-2H3. The van der Waals surface area contributed by atoms with E-state index in [-0.39, 0.29) is 0 Å². The number of aliphatic hydroxyl groups excluding tert-OH is 1. The van der Waals surface area contributed by atoms with Crippen molar-refractivity contribution in [2.24, 2.45) is 5.92 Å². The van der Waals surface area contributed by atoms with Crippen molar-refractivity contribution in [1.29, 1.82) is 0 Å². The Hall–Kier alpha value is -0.0800. The van der Waals surface area contributed by atoms with Crippen molar-refractivity contribution in [3.8, 4) is 0 Å². The van der Waals surface area contributed by atoms with E-state index < -0.39 is 0 Å². The Kier molecular flexibility index (Phi) is 6.26. The predicted molar refractivity (Wildman–Crippen MR) is 65.0 cm³/mol. The van der Waals surface area contributed by atoms with Crippen molar-refractivity contribution in [3.05, 3.63) is 0 Å². The Balaban J connectivity index is 2.31. The highest BCUT2D eigenvalue weighted by Gasteiger charge is 2.26. The van der Waals surface area contributed by atoms with Gasteiger partial charge in [-0.15, -0.1) is 0 Å². The van der Waals surface area contributed by atoms with Crippen LogP contribution < -0.4 is 0 Å². The SMILES string of the molecule is CCC1CCCCC1N(C)CCCCO. The Labute approximate surface area is 94.7 Å². The first-order valence-electron chi connectivity index (χ1n) is 6.60. The topological polar surface area (TPSA) is 23.5 Å². The highest BCUT2D eigenvalue weighted by atomic mass is 16.2. The summed E-state index contributed by atoms with van der Waals surface area (Å²) in [5.74, 6) is 0.915. The summed E-state index contributed by atoms with van der Waals surface area (Å²) in [6.45, 7) is 3.82. The molecule has 0 aliphatic heterocycles. The number of nitrogens with zero attached hydrogens (tertiary/aromatic N) is 1. The molecule has 1 N–H and O–H groups in total. The van der Waals surface area contributed by atoms with Crippen LogP contribution in [0.4, 0.5) is 0 Å². The zero-order chi connectivity index (χ0) is 11.1. The highest BCUT2D eigenvalue weighted by Crippen LogP contribution is 2.30. The van der Waals surface area contributed by atoms with Gasteiger partial charge in [0.15, 0.2) is 0 Å². The van der Waals surface area contributed by atoms with E-state index >= 15 is 0 Å². The molecule has 0 aromatic carbocycles. The minimum Gasteiger partial charge on any atom is -0.396 e. The Morgan fingerprint density at radius 3 is 2.60 bits per heavy atom. The lowest BCUT2D eigenvalue weighted by molar-refractivity contribution is 0.122. The summed E-state index contributed by atoms with van der Waals surface area (Å²) in [5, 5.41) is 8.77. The summed E-state index contributed by atoms with van der Waals surface area (Å²) in [5.41, 5.74) is 0. The average Bonchev–Trinajstić information content (AvgIpc) is 2.29. The maximum atomic E-state index is 8.77. The quantitative estimate of drug-likeness (QED) is 0.686. The van der Waals surface area contributed by atoms with Gasteiger partial charge in [-0.05, 0) is 45.2 Å². The molecule has 2 atom stereocenters. The maximum absolute atomic E-state index is 8.77. The molecule has 0 heterocycles. The van der Waals surface area contributed by atoms with Gasteiger partial charge >= 0.3 is 0 Å². The van der Waals surface area contributed by atoms with Crippen LogP contribution in [0.15, 0.2) is 0 Å². The summed E-state index contributed by atoms with van der Waals surface area (Å²) in [6, 6.07) is 0.808. The molecule has 15 heavy (non-hydrogen) atoms. The van der Waals surface area contributed by atoms with E-state index in [1.165, 1.54) is 32.1 Å². The summed E-state index contributed by atoms with van der Waals surface area (Å²) < 4.78 is 0. The van der Waals surface area contributed by atoms with Gasteiger partial charge in [0.25, 0.3) is 0 Å². The van der Waals surface area contributed by atoms with E-state index in [4.69, 9.17) is 5.11 Å². The molecule has 2 unspecified atom stereocenters. The van der Waals surface area contributed by atoms with Crippen LogP contribution in [0.2, 0.25) is 0 Å². The minimum absolute atomic E-state index is 0.343. The fourth-order valence-electron chi connectivity index (χ4n) is 2.88. The highest BCUT2D eigenvalue weighted by molar-refractivity contribution is 4.81. The van der Waals surface area contributed by atoms with E-state index in [1.807, 2.05) is 0 Å². The summed E-state index contributed by atoms with van der Waals surface area (Å²) in [7, 11) is 2.26. The first-order valence-corrected chi connectivity index (χ1v) is 6.60. The fraction of sp³-hybridized carbons (Fsp3) is 1.00. The zero-order valence-electron chi connectivity index (χ0n) is 10.4. The second-order valence-corrected chi connectivity index (χ2v) is 4.93. The van der Waals surface area contributed by atoms with Crippen molar-refractivity contribution in [3.63, 3.8) is 0 Å². The van der Waals surface area contributed by atoms with E-state index in [1.54, 1.807) is 0 Å². The van der Waals surface area contributed by atoms with Gasteiger partial charge in [0.1, 0.15) is 0 Å². The van der Waals surface area contributed by atoms with Gasteiger partial charge in [-0.25, -0.2) is 0 Å². The third-order valence-electron chi connectivity index (χ3n) is 3.88. The van der Waals surface area contributed by atoms with E-state index in [0.29, 0.717) is 6.61 Å². The summed E-state index contributed by atoms with van der Waals surface area (Å²) >= 11 is 0. The number of rotatable bonds is 6. The maximum Gasteiger partial charge on any atom is 0.0431 e. The average molecular weight is 213 g/mol. The monoisotopic (exact) mass is 213 g/mol. The molecule has 1 rings (SSSR count). The normalized spacial score (nSPS) is 27.2. The van der Waals surface area contributed by atoms with Crippen molar-refractivity contribution in [1.82, 2.24) is 4.90 Å². The Bertz CT molecular complexity index is 161. The minimum atomic E-state index is 0.343. The molecule has 0 aromatic heterocycles. The largest absolute Gasteiger partial charge is 0.396 e. The number of hydrogen-bond acceptors (Lipinski definition) is 2. The molecule has 1 saturated carbocycles. The van der Waals surface area contributed by atoms with Crippen LogP contribution >= 0.6 is 0 Å². The van der Waals surface area contributed by atoms with Gasteiger partial charge in [0.2, 0.25) is 0 Å². The van der Waals surface area contributed by atoms with Gasteiger partial charge in [-0.2, -0.15) is 0 Å². The fourth-order valence-corrected chi connectivity index (χ4v) is 2.88. The second kappa shape index (κ2) is 7.24. The number of hydrogen-bond donors (Lipinski definition) is 1. The van der Waals surface area contributed by atoms with Crippen molar-refractivity contribution in [2.45, 2.75) is 57.9 Å². The molecule has 1 aliphatic carbocycles. The molecular formula is C13H27NO. The predicted octanol–water partition coefficient (Wildman–Crippen LogP) is 2.66. The van der Waals surface area contributed by atoms with Crippen LogP contribution in [0.3, 0.4) is 0 Å². The molecule has 90 valence electrons. The van der Waals surface area contributed by atoms with Gasteiger partial charge in [-0.3, -0.25) is 0 Å². The van der Waals surface area contributed by atoms with Crippen molar-refractivity contribution >= 4 is 0 Å². The van der Waals surface area contributed by atoms with Gasteiger partial charge in [0, 0.05) is 12.6 Å². The van der Waals surface area contributed by atoms with Crippen LogP contribution in [0.1, 0.15) is 51.9 Å². The molecule has 0 bridgehead atoms. The third kappa shape index (κ3) is 4.12. The molecule has 0 aromatic rings. The van der Waals surface area contributed by atoms with Crippen LogP contribution in [0.25, 0.3) is 0 Å². The molecule has 0 amide bonds. The molecule has 0 radical (unpaired) electrons. The Morgan fingerprint density at radius 1 is 1.20 bits per heavy atom. The summed E-state index contributed by atoms with van der Waals surface area (Å²) in [6.07, 6.45) is 9.06. The van der Waals surface area contributed by atoms with E-state index in [0.717, 1.165) is 31.3 Å². The molecule has 0 spiro atoms. The lowest BCUT2D eigenvalue weighted by Crippen LogP contribution is -2.40. The first-order chi connectivity index (χ1) is 7.29. The Morgan fingerprint density at radius 2 is 1.93 bits per heavy atom. The third-order valence-corrected chi connectivity index (χ3v) is 3.88. The first kappa shape index (κ1) is 13.0. The molecule has 1 aliphatic rings. The van der Waals surface area contributed by atoms with Gasteiger partial charge in [0.05, 0.1) is 0 Å². The second-order valence-electron chi connectivity index (χ2n) is 4.93. The van der Waals surface area contributed by atoms with Crippen LogP contribution in [-0.2, 0) is 0 Å².